The first-order valence-corrected chi connectivity index (χ1v) is 3.31. The maximum Gasteiger partial charge on any atom is 0.310 e. The Morgan fingerprint density at radius 1 is 1.60 bits per heavy atom. The van der Waals surface area contributed by atoms with Crippen LogP contribution in [0.25, 0.3) is 0 Å². The fourth-order valence-corrected chi connectivity index (χ4v) is 0.461. The van der Waals surface area contributed by atoms with Gasteiger partial charge in [-0.15, -0.1) is 0 Å². The van der Waals surface area contributed by atoms with Crippen molar-refractivity contribution in [3.8, 4) is 0 Å². The lowest BCUT2D eigenvalue weighted by Crippen LogP contribution is -2.23. The summed E-state index contributed by atoms with van der Waals surface area (Å²) in [6.45, 7) is 9.00. The van der Waals surface area contributed by atoms with Gasteiger partial charge in [0.15, 0.2) is 0 Å². The molecule has 0 aliphatic rings. The van der Waals surface area contributed by atoms with Crippen molar-refractivity contribution >= 4 is 5.97 Å². The van der Waals surface area contributed by atoms with Crippen LogP contribution >= 0.6 is 0 Å². The van der Waals surface area contributed by atoms with Crippen molar-refractivity contribution < 1.29 is 9.53 Å². The van der Waals surface area contributed by atoms with E-state index in [1.54, 1.807) is 0 Å². The summed E-state index contributed by atoms with van der Waals surface area (Å²) in [6, 6.07) is 0. The number of rotatable bonds is 2. The van der Waals surface area contributed by atoms with E-state index < -0.39 is 0 Å². The first-order chi connectivity index (χ1) is 4.45. The van der Waals surface area contributed by atoms with E-state index in [1.807, 2.05) is 20.8 Å². The van der Waals surface area contributed by atoms with E-state index in [0.29, 0.717) is 6.42 Å². The highest BCUT2D eigenvalue weighted by Crippen LogP contribution is 2.07. The molecule has 0 saturated heterocycles. The molecular weight excluding hydrogens is 128 g/mol. The highest BCUT2D eigenvalue weighted by Gasteiger charge is 2.14. The summed E-state index contributed by atoms with van der Waals surface area (Å²) in [5.41, 5.74) is -0.386. The number of esters is 1. The van der Waals surface area contributed by atoms with Gasteiger partial charge in [-0.3, -0.25) is 4.79 Å². The van der Waals surface area contributed by atoms with Crippen molar-refractivity contribution in [2.45, 2.75) is 32.8 Å². The molecule has 0 bridgehead atoms. The molecule has 0 rings (SSSR count). The van der Waals surface area contributed by atoms with Crippen LogP contribution in [0.2, 0.25) is 0 Å². The standard InChI is InChI=1S/C8H14O2/c1-5-6-7(9)10-8(2,3)4/h6H,1,5H2,2-4H3. The number of ether oxygens (including phenoxy) is 1. The van der Waals surface area contributed by atoms with E-state index in [0.717, 1.165) is 0 Å². The lowest BCUT2D eigenvalue weighted by molar-refractivity contribution is -0.150. The Bertz CT molecular complexity index is 111. The van der Waals surface area contributed by atoms with Gasteiger partial charge in [-0.05, 0) is 27.2 Å². The Kier molecular flexibility index (Phi) is 3.40. The lowest BCUT2D eigenvalue weighted by atomic mass is 10.2. The number of carbonyl (C=O) groups is 1. The molecule has 0 fully saturated rings. The minimum absolute atomic E-state index is 0.289. The van der Waals surface area contributed by atoms with E-state index in [2.05, 4.69) is 6.92 Å². The molecule has 0 aliphatic carbocycles. The normalized spacial score (nSPS) is 11.2. The number of hydrogen-bond acceptors (Lipinski definition) is 2. The maximum atomic E-state index is 10.7. The van der Waals surface area contributed by atoms with Crippen molar-refractivity contribution in [2.24, 2.45) is 0 Å². The Morgan fingerprint density at radius 2 is 2.10 bits per heavy atom. The van der Waals surface area contributed by atoms with Gasteiger partial charge in [0, 0.05) is 0 Å². The fraction of sp³-hybridized carbons (Fsp3) is 0.625. The zero-order valence-electron chi connectivity index (χ0n) is 6.81. The molecule has 0 saturated carbocycles. The molecular formula is C8H14O2. The van der Waals surface area contributed by atoms with Gasteiger partial charge in [0.1, 0.15) is 5.60 Å². The molecule has 2 nitrogen and oxygen atoms in total. The van der Waals surface area contributed by atoms with Gasteiger partial charge in [-0.2, -0.15) is 0 Å². The second-order valence-electron chi connectivity index (χ2n) is 3.03. The highest BCUT2D eigenvalue weighted by molar-refractivity contribution is 5.79. The summed E-state index contributed by atoms with van der Waals surface area (Å²) < 4.78 is 4.94. The largest absolute Gasteiger partial charge is 0.460 e. The van der Waals surface area contributed by atoms with Crippen LogP contribution < -0.4 is 0 Å². The van der Waals surface area contributed by atoms with Gasteiger partial charge in [-0.25, -0.2) is 0 Å². The van der Waals surface area contributed by atoms with Crippen LogP contribution in [0.15, 0.2) is 0 Å². The number of hydrogen-bond donors (Lipinski definition) is 0. The third kappa shape index (κ3) is 5.60. The third-order valence-electron chi connectivity index (χ3n) is 0.718. The highest BCUT2D eigenvalue weighted by atomic mass is 16.6. The predicted molar refractivity (Wildman–Crippen MR) is 40.1 cm³/mol. The van der Waals surface area contributed by atoms with Crippen LogP contribution in [-0.4, -0.2) is 11.6 Å². The summed E-state index contributed by atoms with van der Waals surface area (Å²) in [5.74, 6) is -0.289. The average Bonchev–Trinajstić information content (AvgIpc) is 1.59. The van der Waals surface area contributed by atoms with Crippen molar-refractivity contribution in [1.29, 1.82) is 0 Å². The Balaban J connectivity index is 3.58. The van der Waals surface area contributed by atoms with Crippen molar-refractivity contribution in [2.75, 3.05) is 0 Å². The molecule has 0 amide bonds. The summed E-state index contributed by atoms with van der Waals surface area (Å²) in [6.07, 6.45) is 1.90. The lowest BCUT2D eigenvalue weighted by Gasteiger charge is -2.18. The Labute approximate surface area is 62.6 Å². The molecule has 0 unspecified atom stereocenters. The van der Waals surface area contributed by atoms with E-state index in [9.17, 15) is 4.79 Å². The van der Waals surface area contributed by atoms with Gasteiger partial charge in [0.2, 0.25) is 0 Å². The molecule has 58 valence electrons. The molecule has 0 spiro atoms. The summed E-state index contributed by atoms with van der Waals surface area (Å²) in [7, 11) is 0. The second-order valence-corrected chi connectivity index (χ2v) is 3.03. The van der Waals surface area contributed by atoms with Crippen LogP contribution in [-0.2, 0) is 9.53 Å². The van der Waals surface area contributed by atoms with Crippen LogP contribution in [0.5, 0.6) is 0 Å². The van der Waals surface area contributed by atoms with Gasteiger partial charge >= 0.3 is 5.97 Å². The quantitative estimate of drug-likeness (QED) is 0.549. The Morgan fingerprint density at radius 3 is 2.40 bits per heavy atom. The molecule has 0 aromatic carbocycles. The minimum Gasteiger partial charge on any atom is -0.460 e. The van der Waals surface area contributed by atoms with Crippen molar-refractivity contribution in [3.63, 3.8) is 0 Å². The van der Waals surface area contributed by atoms with Gasteiger partial charge < -0.3 is 4.74 Å². The molecule has 0 aromatic heterocycles. The molecule has 10 heavy (non-hydrogen) atoms. The van der Waals surface area contributed by atoms with E-state index >= 15 is 0 Å². The monoisotopic (exact) mass is 142 g/mol. The van der Waals surface area contributed by atoms with Gasteiger partial charge in [0.05, 0.1) is 6.42 Å². The van der Waals surface area contributed by atoms with Gasteiger partial charge in [0.25, 0.3) is 0 Å². The number of carbonyl (C=O) groups excluding carboxylic acids is 1. The van der Waals surface area contributed by atoms with E-state index in [1.165, 1.54) is 6.42 Å². The van der Waals surface area contributed by atoms with Crippen molar-refractivity contribution in [1.82, 2.24) is 0 Å². The van der Waals surface area contributed by atoms with E-state index in [4.69, 9.17) is 4.74 Å². The predicted octanol–water partition coefficient (Wildman–Crippen LogP) is 1.76. The SMILES string of the molecule is [CH2]C[CH]C(=O)OC(C)(C)C. The topological polar surface area (TPSA) is 26.3 Å². The molecule has 2 radical (unpaired) electrons. The van der Waals surface area contributed by atoms with Crippen molar-refractivity contribution in [3.05, 3.63) is 13.3 Å². The van der Waals surface area contributed by atoms with Crippen LogP contribution in [0.3, 0.4) is 0 Å². The van der Waals surface area contributed by atoms with Crippen LogP contribution in [0.4, 0.5) is 0 Å². The second kappa shape index (κ2) is 3.59. The molecule has 0 aromatic rings. The van der Waals surface area contributed by atoms with Crippen LogP contribution in [0.1, 0.15) is 27.2 Å². The van der Waals surface area contributed by atoms with E-state index in [-0.39, 0.29) is 11.6 Å². The maximum absolute atomic E-state index is 10.7. The molecule has 0 atom stereocenters. The molecule has 0 heterocycles. The summed E-state index contributed by atoms with van der Waals surface area (Å²) >= 11 is 0. The fourth-order valence-electron chi connectivity index (χ4n) is 0.461. The zero-order valence-corrected chi connectivity index (χ0v) is 6.81. The molecule has 2 heteroatoms. The van der Waals surface area contributed by atoms with Crippen LogP contribution in [0, 0.1) is 13.3 Å². The average molecular weight is 142 g/mol. The third-order valence-corrected chi connectivity index (χ3v) is 0.718. The van der Waals surface area contributed by atoms with Gasteiger partial charge in [-0.1, -0.05) is 6.92 Å². The summed E-state index contributed by atoms with van der Waals surface area (Å²) in [4.78, 5) is 10.7. The molecule has 0 aliphatic heterocycles. The minimum atomic E-state index is -0.386. The molecule has 0 N–H and O–H groups in total. The zero-order chi connectivity index (χ0) is 8.20. The first-order valence-electron chi connectivity index (χ1n) is 3.31. The first kappa shape index (κ1) is 9.47. The summed E-state index contributed by atoms with van der Waals surface area (Å²) in [5, 5.41) is 0. The Hall–Kier alpha value is -0.530. The smallest absolute Gasteiger partial charge is 0.310 e.